The van der Waals surface area contributed by atoms with Crippen LogP contribution in [-0.4, -0.2) is 62.1 Å². The molecule has 1 aliphatic rings. The second-order valence-corrected chi connectivity index (χ2v) is 7.34. The molecule has 2 amide bonds. The van der Waals surface area contributed by atoms with Crippen molar-refractivity contribution in [1.29, 1.82) is 0 Å². The SMILES string of the molecule is CN(Cc1ccccc1OC(F)(F)F)C(=O)NC(CN1CCOCC1)c1ccccc1. The molecule has 1 heterocycles. The van der Waals surface area contributed by atoms with Crippen LogP contribution in [0.4, 0.5) is 18.0 Å². The third kappa shape index (κ3) is 7.15. The molecule has 1 saturated heterocycles. The van der Waals surface area contributed by atoms with E-state index in [0.29, 0.717) is 19.8 Å². The van der Waals surface area contributed by atoms with Gasteiger partial charge in [0.1, 0.15) is 5.75 Å². The largest absolute Gasteiger partial charge is 0.573 e. The van der Waals surface area contributed by atoms with Crippen molar-refractivity contribution < 1.29 is 27.4 Å². The van der Waals surface area contributed by atoms with Crippen LogP contribution in [0, 0.1) is 0 Å². The minimum Gasteiger partial charge on any atom is -0.405 e. The lowest BCUT2D eigenvalue weighted by molar-refractivity contribution is -0.275. The summed E-state index contributed by atoms with van der Waals surface area (Å²) in [6.45, 7) is 3.42. The predicted octanol–water partition coefficient (Wildman–Crippen LogP) is 3.80. The van der Waals surface area contributed by atoms with Gasteiger partial charge in [-0.3, -0.25) is 4.90 Å². The Bertz CT molecular complexity index is 843. The molecule has 3 rings (SSSR count). The van der Waals surface area contributed by atoms with E-state index >= 15 is 0 Å². The molecule has 0 aromatic heterocycles. The molecule has 0 spiro atoms. The maximum absolute atomic E-state index is 12.9. The number of nitrogens with one attached hydrogen (secondary N) is 1. The molecule has 31 heavy (non-hydrogen) atoms. The molecule has 0 aliphatic carbocycles. The summed E-state index contributed by atoms with van der Waals surface area (Å²) in [6.07, 6.45) is -4.80. The van der Waals surface area contributed by atoms with Crippen LogP contribution >= 0.6 is 0 Å². The van der Waals surface area contributed by atoms with E-state index in [-0.39, 0.29) is 29.9 Å². The molecular formula is C22H26F3N3O3. The molecule has 1 aliphatic heterocycles. The average Bonchev–Trinajstić information content (AvgIpc) is 2.75. The van der Waals surface area contributed by atoms with Crippen molar-refractivity contribution in [3.63, 3.8) is 0 Å². The van der Waals surface area contributed by atoms with Gasteiger partial charge in [-0.05, 0) is 11.6 Å². The van der Waals surface area contributed by atoms with E-state index in [1.807, 2.05) is 30.3 Å². The topological polar surface area (TPSA) is 54.0 Å². The number of benzene rings is 2. The monoisotopic (exact) mass is 437 g/mol. The number of nitrogens with zero attached hydrogens (tertiary/aromatic N) is 2. The van der Waals surface area contributed by atoms with Crippen LogP contribution in [0.2, 0.25) is 0 Å². The van der Waals surface area contributed by atoms with Crippen LogP contribution < -0.4 is 10.1 Å². The van der Waals surface area contributed by atoms with Gasteiger partial charge in [0.2, 0.25) is 0 Å². The molecule has 2 aromatic carbocycles. The molecule has 1 fully saturated rings. The van der Waals surface area contributed by atoms with Gasteiger partial charge in [0.25, 0.3) is 0 Å². The minimum absolute atomic E-state index is 0.0306. The number of alkyl halides is 3. The first-order valence-electron chi connectivity index (χ1n) is 10.0. The fourth-order valence-corrected chi connectivity index (χ4v) is 3.41. The first kappa shape index (κ1) is 22.9. The number of halogens is 3. The fourth-order valence-electron chi connectivity index (χ4n) is 3.41. The minimum atomic E-state index is -4.80. The highest BCUT2D eigenvalue weighted by Gasteiger charge is 2.32. The Morgan fingerprint density at radius 3 is 2.45 bits per heavy atom. The Morgan fingerprint density at radius 1 is 1.13 bits per heavy atom. The molecule has 1 N–H and O–H groups in total. The number of hydrogen-bond acceptors (Lipinski definition) is 4. The lowest BCUT2D eigenvalue weighted by atomic mass is 10.1. The molecule has 0 saturated carbocycles. The van der Waals surface area contributed by atoms with Gasteiger partial charge in [0.05, 0.1) is 25.8 Å². The van der Waals surface area contributed by atoms with Crippen molar-refractivity contribution in [2.75, 3.05) is 39.9 Å². The molecular weight excluding hydrogens is 411 g/mol. The van der Waals surface area contributed by atoms with Crippen LogP contribution in [0.1, 0.15) is 17.2 Å². The maximum atomic E-state index is 12.9. The van der Waals surface area contributed by atoms with E-state index in [1.54, 1.807) is 6.07 Å². The molecule has 168 valence electrons. The number of carbonyl (C=O) groups excluding carboxylic acids is 1. The van der Waals surface area contributed by atoms with E-state index in [2.05, 4.69) is 15.0 Å². The maximum Gasteiger partial charge on any atom is 0.573 e. The number of hydrogen-bond donors (Lipinski definition) is 1. The second kappa shape index (κ2) is 10.5. The lowest BCUT2D eigenvalue weighted by Gasteiger charge is -2.32. The van der Waals surface area contributed by atoms with Crippen molar-refractivity contribution in [2.45, 2.75) is 18.9 Å². The number of para-hydroxylation sites is 1. The predicted molar refractivity (Wildman–Crippen MR) is 110 cm³/mol. The third-order valence-electron chi connectivity index (χ3n) is 5.00. The van der Waals surface area contributed by atoms with Gasteiger partial charge < -0.3 is 19.7 Å². The van der Waals surface area contributed by atoms with Crippen LogP contribution in [0.3, 0.4) is 0 Å². The van der Waals surface area contributed by atoms with Gasteiger partial charge in [-0.25, -0.2) is 4.79 Å². The van der Waals surface area contributed by atoms with E-state index in [0.717, 1.165) is 18.7 Å². The zero-order chi connectivity index (χ0) is 22.3. The van der Waals surface area contributed by atoms with Crippen LogP contribution in [-0.2, 0) is 11.3 Å². The van der Waals surface area contributed by atoms with Crippen molar-refractivity contribution in [3.05, 3.63) is 65.7 Å². The molecule has 0 radical (unpaired) electrons. The van der Waals surface area contributed by atoms with E-state index in [1.165, 1.54) is 30.1 Å². The zero-order valence-corrected chi connectivity index (χ0v) is 17.3. The highest BCUT2D eigenvalue weighted by molar-refractivity contribution is 5.74. The highest BCUT2D eigenvalue weighted by atomic mass is 19.4. The number of rotatable bonds is 7. The lowest BCUT2D eigenvalue weighted by Crippen LogP contribution is -2.45. The van der Waals surface area contributed by atoms with E-state index in [9.17, 15) is 18.0 Å². The molecule has 2 aromatic rings. The fraction of sp³-hybridized carbons (Fsp3) is 0.409. The zero-order valence-electron chi connectivity index (χ0n) is 17.3. The van der Waals surface area contributed by atoms with Gasteiger partial charge >= 0.3 is 12.4 Å². The first-order valence-corrected chi connectivity index (χ1v) is 10.0. The Labute approximate surface area is 179 Å². The second-order valence-electron chi connectivity index (χ2n) is 7.34. The Kier molecular flexibility index (Phi) is 7.75. The summed E-state index contributed by atoms with van der Waals surface area (Å²) >= 11 is 0. The number of ether oxygens (including phenoxy) is 2. The summed E-state index contributed by atoms with van der Waals surface area (Å²) in [5.41, 5.74) is 1.22. The Balaban J connectivity index is 1.68. The van der Waals surface area contributed by atoms with Gasteiger partial charge in [0.15, 0.2) is 0 Å². The quantitative estimate of drug-likeness (QED) is 0.716. The van der Waals surface area contributed by atoms with Gasteiger partial charge in [-0.1, -0.05) is 48.5 Å². The molecule has 9 heteroatoms. The van der Waals surface area contributed by atoms with Gasteiger partial charge in [-0.15, -0.1) is 13.2 Å². The van der Waals surface area contributed by atoms with Gasteiger partial charge in [-0.2, -0.15) is 0 Å². The summed E-state index contributed by atoms with van der Waals surface area (Å²) in [6, 6.07) is 14.8. The summed E-state index contributed by atoms with van der Waals surface area (Å²) < 4.78 is 47.5. The third-order valence-corrected chi connectivity index (χ3v) is 5.00. The summed E-state index contributed by atoms with van der Waals surface area (Å²) in [7, 11) is 1.54. The number of carbonyl (C=O) groups is 1. The highest BCUT2D eigenvalue weighted by Crippen LogP contribution is 2.27. The van der Waals surface area contributed by atoms with Crippen LogP contribution in [0.25, 0.3) is 0 Å². The van der Waals surface area contributed by atoms with Crippen LogP contribution in [0.15, 0.2) is 54.6 Å². The summed E-state index contributed by atoms with van der Waals surface area (Å²) in [5.74, 6) is -0.317. The first-order chi connectivity index (χ1) is 14.8. The van der Waals surface area contributed by atoms with Crippen LogP contribution in [0.5, 0.6) is 5.75 Å². The van der Waals surface area contributed by atoms with Crippen molar-refractivity contribution in [3.8, 4) is 5.75 Å². The number of morpholine rings is 1. The standard InChI is InChI=1S/C22H26F3N3O3/c1-27(15-18-9-5-6-10-20(18)31-22(23,24)25)21(29)26-19(17-7-3-2-4-8-17)16-28-11-13-30-14-12-28/h2-10,19H,11-16H2,1H3,(H,26,29). The normalized spacial score (nSPS) is 15.9. The molecule has 6 nitrogen and oxygen atoms in total. The average molecular weight is 437 g/mol. The Hall–Kier alpha value is -2.78. The van der Waals surface area contributed by atoms with Crippen molar-refractivity contribution in [2.24, 2.45) is 0 Å². The van der Waals surface area contributed by atoms with Gasteiger partial charge in [0, 0.05) is 32.2 Å². The summed E-state index contributed by atoms with van der Waals surface area (Å²) in [5, 5.41) is 3.01. The smallest absolute Gasteiger partial charge is 0.405 e. The van der Waals surface area contributed by atoms with Crippen molar-refractivity contribution >= 4 is 6.03 Å². The van der Waals surface area contributed by atoms with E-state index in [4.69, 9.17) is 4.74 Å². The number of amides is 2. The van der Waals surface area contributed by atoms with Crippen molar-refractivity contribution in [1.82, 2.24) is 15.1 Å². The Morgan fingerprint density at radius 2 is 1.77 bits per heavy atom. The molecule has 1 unspecified atom stereocenters. The molecule has 0 bridgehead atoms. The van der Waals surface area contributed by atoms with E-state index < -0.39 is 6.36 Å². The molecule has 1 atom stereocenters. The number of urea groups is 1. The summed E-state index contributed by atoms with van der Waals surface area (Å²) in [4.78, 5) is 16.4.